The van der Waals surface area contributed by atoms with Crippen molar-refractivity contribution in [1.82, 2.24) is 9.97 Å². The van der Waals surface area contributed by atoms with Gasteiger partial charge < -0.3 is 0 Å². The van der Waals surface area contributed by atoms with Gasteiger partial charge in [0.2, 0.25) is 0 Å². The molecule has 3 rings (SSSR count). The lowest BCUT2D eigenvalue weighted by atomic mass is 10.0. The number of rotatable bonds is 2. The summed E-state index contributed by atoms with van der Waals surface area (Å²) in [7, 11) is 0. The number of nitrogens with zero attached hydrogens (tertiary/aromatic N) is 2. The highest BCUT2D eigenvalue weighted by molar-refractivity contribution is 5.81. The molecule has 0 fully saturated rings. The topological polar surface area (TPSA) is 25.8 Å². The lowest BCUT2D eigenvalue weighted by molar-refractivity contribution is 1.06. The minimum atomic E-state index is 0.926. The van der Waals surface area contributed by atoms with Gasteiger partial charge in [0.1, 0.15) is 0 Å². The summed E-state index contributed by atoms with van der Waals surface area (Å²) in [6.45, 7) is 2.14. The Morgan fingerprint density at radius 1 is 0.944 bits per heavy atom. The molecule has 88 valence electrons. The average molecular weight is 234 g/mol. The largest absolute Gasteiger partial charge is 0.255 e. The molecule has 0 unspecified atom stereocenters. The average Bonchev–Trinajstić information content (AvgIpc) is 2.46. The van der Waals surface area contributed by atoms with Crippen molar-refractivity contribution in [3.05, 3.63) is 60.4 Å². The first-order chi connectivity index (χ1) is 8.88. The first-order valence-electron chi connectivity index (χ1n) is 6.18. The molecule has 0 N–H and O–H groups in total. The van der Waals surface area contributed by atoms with Crippen molar-refractivity contribution in [2.75, 3.05) is 0 Å². The number of aromatic nitrogens is 2. The molecule has 18 heavy (non-hydrogen) atoms. The van der Waals surface area contributed by atoms with Gasteiger partial charge >= 0.3 is 0 Å². The molecule has 1 aromatic carbocycles. The zero-order chi connectivity index (χ0) is 12.4. The van der Waals surface area contributed by atoms with Crippen LogP contribution in [0.2, 0.25) is 0 Å². The summed E-state index contributed by atoms with van der Waals surface area (Å²) < 4.78 is 0. The van der Waals surface area contributed by atoms with Crippen molar-refractivity contribution >= 4 is 11.0 Å². The van der Waals surface area contributed by atoms with Crippen molar-refractivity contribution in [3.63, 3.8) is 0 Å². The normalized spacial score (nSPS) is 10.7. The molecule has 2 aromatic heterocycles. The molecular formula is C16H14N2. The quantitative estimate of drug-likeness (QED) is 0.673. The maximum Gasteiger partial charge on any atom is 0.0893 e. The summed E-state index contributed by atoms with van der Waals surface area (Å²) >= 11 is 0. The predicted molar refractivity (Wildman–Crippen MR) is 74.4 cm³/mol. The Kier molecular flexibility index (Phi) is 2.77. The van der Waals surface area contributed by atoms with Crippen LogP contribution in [0.3, 0.4) is 0 Å². The molecule has 3 aromatic rings. The van der Waals surface area contributed by atoms with Crippen LogP contribution in [0.15, 0.2) is 54.7 Å². The van der Waals surface area contributed by atoms with E-state index in [0.717, 1.165) is 23.1 Å². The molecule has 0 aliphatic carbocycles. The minimum absolute atomic E-state index is 0.926. The van der Waals surface area contributed by atoms with Gasteiger partial charge in [0.25, 0.3) is 0 Å². The van der Waals surface area contributed by atoms with Crippen LogP contribution in [0.25, 0.3) is 22.2 Å². The van der Waals surface area contributed by atoms with E-state index in [1.54, 1.807) is 0 Å². The fraction of sp³-hybridized carbons (Fsp3) is 0.125. The number of hydrogen-bond acceptors (Lipinski definition) is 2. The van der Waals surface area contributed by atoms with Gasteiger partial charge in [-0.3, -0.25) is 9.97 Å². The number of pyridine rings is 2. The van der Waals surface area contributed by atoms with Crippen LogP contribution in [0.5, 0.6) is 0 Å². The zero-order valence-electron chi connectivity index (χ0n) is 10.3. The van der Waals surface area contributed by atoms with E-state index in [2.05, 4.69) is 42.2 Å². The van der Waals surface area contributed by atoms with Gasteiger partial charge in [0.15, 0.2) is 0 Å². The molecule has 0 bridgehead atoms. The highest BCUT2D eigenvalue weighted by atomic mass is 14.8. The number of fused-ring (bicyclic) bond motifs is 1. The summed E-state index contributed by atoms with van der Waals surface area (Å²) in [5.74, 6) is 0. The Hall–Kier alpha value is -2.22. The molecule has 0 aliphatic heterocycles. The van der Waals surface area contributed by atoms with Crippen LogP contribution in [-0.2, 0) is 6.42 Å². The highest BCUT2D eigenvalue weighted by Crippen LogP contribution is 2.25. The van der Waals surface area contributed by atoms with Crippen LogP contribution in [0.1, 0.15) is 12.6 Å². The standard InChI is InChI=1S/C16H14N2/c1-2-14-13(12-7-4-3-5-8-12)11-16-15(18-14)9-6-10-17-16/h3-11H,2H2,1H3. The minimum Gasteiger partial charge on any atom is -0.255 e. The summed E-state index contributed by atoms with van der Waals surface area (Å²) in [5.41, 5.74) is 5.43. The van der Waals surface area contributed by atoms with Crippen molar-refractivity contribution in [1.29, 1.82) is 0 Å². The smallest absolute Gasteiger partial charge is 0.0893 e. The van der Waals surface area contributed by atoms with Gasteiger partial charge in [0, 0.05) is 17.5 Å². The third kappa shape index (κ3) is 1.86. The van der Waals surface area contributed by atoms with Crippen molar-refractivity contribution in [2.24, 2.45) is 0 Å². The molecular weight excluding hydrogens is 220 g/mol. The van der Waals surface area contributed by atoms with Gasteiger partial charge in [-0.05, 0) is 30.2 Å². The number of aryl methyl sites for hydroxylation is 1. The zero-order valence-corrected chi connectivity index (χ0v) is 10.3. The Labute approximate surface area is 106 Å². The van der Waals surface area contributed by atoms with Gasteiger partial charge in [0.05, 0.1) is 11.0 Å². The third-order valence-electron chi connectivity index (χ3n) is 3.08. The van der Waals surface area contributed by atoms with E-state index in [-0.39, 0.29) is 0 Å². The fourth-order valence-corrected chi connectivity index (χ4v) is 2.18. The second-order valence-electron chi connectivity index (χ2n) is 4.24. The van der Waals surface area contributed by atoms with Crippen LogP contribution < -0.4 is 0 Å². The van der Waals surface area contributed by atoms with E-state index in [1.807, 2.05) is 24.4 Å². The molecule has 2 heteroatoms. The van der Waals surface area contributed by atoms with Gasteiger partial charge in [-0.1, -0.05) is 37.3 Å². The molecule has 2 heterocycles. The summed E-state index contributed by atoms with van der Waals surface area (Å²) in [5, 5.41) is 0. The monoisotopic (exact) mass is 234 g/mol. The van der Waals surface area contributed by atoms with E-state index < -0.39 is 0 Å². The third-order valence-corrected chi connectivity index (χ3v) is 3.08. The Balaban J connectivity index is 2.27. The van der Waals surface area contributed by atoms with Crippen molar-refractivity contribution < 1.29 is 0 Å². The SMILES string of the molecule is CCc1nc2cccnc2cc1-c1ccccc1. The molecule has 0 aliphatic rings. The second-order valence-corrected chi connectivity index (χ2v) is 4.24. The molecule has 0 radical (unpaired) electrons. The summed E-state index contributed by atoms with van der Waals surface area (Å²) in [4.78, 5) is 9.09. The first kappa shape index (κ1) is 10.9. The lowest BCUT2D eigenvalue weighted by Gasteiger charge is -2.08. The number of hydrogen-bond donors (Lipinski definition) is 0. The van der Waals surface area contributed by atoms with Crippen molar-refractivity contribution in [2.45, 2.75) is 13.3 Å². The van der Waals surface area contributed by atoms with Gasteiger partial charge in [-0.2, -0.15) is 0 Å². The molecule has 2 nitrogen and oxygen atoms in total. The number of benzene rings is 1. The van der Waals surface area contributed by atoms with Crippen molar-refractivity contribution in [3.8, 4) is 11.1 Å². The van der Waals surface area contributed by atoms with Gasteiger partial charge in [-0.25, -0.2) is 0 Å². The van der Waals surface area contributed by atoms with E-state index >= 15 is 0 Å². The molecule has 0 atom stereocenters. The molecule has 0 spiro atoms. The lowest BCUT2D eigenvalue weighted by Crippen LogP contribution is -1.94. The van der Waals surface area contributed by atoms with E-state index in [9.17, 15) is 0 Å². The van der Waals surface area contributed by atoms with Gasteiger partial charge in [-0.15, -0.1) is 0 Å². The Bertz CT molecular complexity index is 675. The van der Waals surface area contributed by atoms with Crippen LogP contribution in [-0.4, -0.2) is 9.97 Å². The molecule has 0 saturated carbocycles. The van der Waals surface area contributed by atoms with E-state index in [1.165, 1.54) is 11.1 Å². The maximum absolute atomic E-state index is 4.71. The van der Waals surface area contributed by atoms with E-state index in [4.69, 9.17) is 4.98 Å². The Morgan fingerprint density at radius 3 is 2.56 bits per heavy atom. The fourth-order valence-electron chi connectivity index (χ4n) is 2.18. The van der Waals surface area contributed by atoms with E-state index in [0.29, 0.717) is 0 Å². The maximum atomic E-state index is 4.71. The summed E-state index contributed by atoms with van der Waals surface area (Å²) in [6.07, 6.45) is 2.74. The Morgan fingerprint density at radius 2 is 1.78 bits per heavy atom. The van der Waals surface area contributed by atoms with Crippen LogP contribution >= 0.6 is 0 Å². The predicted octanol–water partition coefficient (Wildman–Crippen LogP) is 3.86. The molecule has 0 amide bonds. The highest BCUT2D eigenvalue weighted by Gasteiger charge is 2.07. The second kappa shape index (κ2) is 4.57. The van der Waals surface area contributed by atoms with Crippen LogP contribution in [0, 0.1) is 0 Å². The summed E-state index contributed by atoms with van der Waals surface area (Å²) in [6, 6.07) is 16.4. The first-order valence-corrected chi connectivity index (χ1v) is 6.18. The molecule has 0 saturated heterocycles. The van der Waals surface area contributed by atoms with Crippen LogP contribution in [0.4, 0.5) is 0 Å².